The summed E-state index contributed by atoms with van der Waals surface area (Å²) in [4.78, 5) is 8.59. The summed E-state index contributed by atoms with van der Waals surface area (Å²) in [5.41, 5.74) is 1.27. The van der Waals surface area contributed by atoms with Gasteiger partial charge in [-0.05, 0) is 18.6 Å². The van der Waals surface area contributed by atoms with Crippen LogP contribution in [0.25, 0.3) is 0 Å². The van der Waals surface area contributed by atoms with Gasteiger partial charge in [-0.25, -0.2) is 4.98 Å². The fourth-order valence-electron chi connectivity index (χ4n) is 2.30. The third kappa shape index (κ3) is 2.82. The molecule has 1 aromatic carbocycles. The Hall–Kier alpha value is -2.30. The predicted octanol–water partition coefficient (Wildman–Crippen LogP) is 2.32. The minimum Gasteiger partial charge on any atom is -0.488 e. The molecule has 20 heavy (non-hydrogen) atoms. The van der Waals surface area contributed by atoms with Crippen LogP contribution in [-0.2, 0) is 6.42 Å². The Balaban J connectivity index is 1.57. The van der Waals surface area contributed by atoms with E-state index in [0.717, 1.165) is 36.9 Å². The first-order valence-corrected chi connectivity index (χ1v) is 6.89. The zero-order valence-electron chi connectivity index (χ0n) is 11.5. The molecule has 5 heteroatoms. The van der Waals surface area contributed by atoms with Gasteiger partial charge in [-0.3, -0.25) is 4.98 Å². The van der Waals surface area contributed by atoms with E-state index in [0.29, 0.717) is 0 Å². The molecule has 0 saturated heterocycles. The maximum Gasteiger partial charge on any atom is 0.147 e. The largest absolute Gasteiger partial charge is 0.488 e. The van der Waals surface area contributed by atoms with E-state index in [1.807, 2.05) is 25.1 Å². The van der Waals surface area contributed by atoms with Crippen molar-refractivity contribution < 1.29 is 4.74 Å². The van der Waals surface area contributed by atoms with E-state index in [4.69, 9.17) is 4.74 Å². The molecule has 0 saturated carbocycles. The van der Waals surface area contributed by atoms with Gasteiger partial charge in [-0.15, -0.1) is 0 Å². The van der Waals surface area contributed by atoms with Crippen molar-refractivity contribution in [2.45, 2.75) is 19.4 Å². The number of fused-ring (bicyclic) bond motifs is 1. The van der Waals surface area contributed by atoms with Crippen molar-refractivity contribution in [3.63, 3.8) is 0 Å². The Morgan fingerprint density at radius 1 is 1.20 bits per heavy atom. The molecular weight excluding hydrogens is 252 g/mol. The van der Waals surface area contributed by atoms with E-state index in [9.17, 15) is 0 Å². The molecule has 5 nitrogen and oxygen atoms in total. The van der Waals surface area contributed by atoms with Gasteiger partial charge in [0, 0.05) is 13.0 Å². The van der Waals surface area contributed by atoms with Gasteiger partial charge in [0.2, 0.25) is 0 Å². The number of aromatic nitrogens is 2. The number of nitrogens with one attached hydrogen (secondary N) is 2. The Kier molecular flexibility index (Phi) is 3.67. The number of nitrogens with zero attached hydrogens (tertiary/aromatic N) is 2. The van der Waals surface area contributed by atoms with E-state index in [1.54, 1.807) is 12.4 Å². The maximum absolute atomic E-state index is 5.88. The van der Waals surface area contributed by atoms with Crippen LogP contribution in [0.4, 0.5) is 11.6 Å². The number of rotatable bonds is 5. The van der Waals surface area contributed by atoms with E-state index >= 15 is 0 Å². The first-order chi connectivity index (χ1) is 9.85. The number of hydrogen-bond donors (Lipinski definition) is 2. The molecule has 0 amide bonds. The second-order valence-corrected chi connectivity index (χ2v) is 4.75. The van der Waals surface area contributed by atoms with Crippen LogP contribution in [0.2, 0.25) is 0 Å². The lowest BCUT2D eigenvalue weighted by atomic mass is 10.1. The summed E-state index contributed by atoms with van der Waals surface area (Å²) in [5.74, 6) is 2.54. The number of para-hydroxylation sites is 1. The molecule has 0 fully saturated rings. The first-order valence-electron chi connectivity index (χ1n) is 6.89. The number of benzene rings is 1. The Morgan fingerprint density at radius 2 is 2.00 bits per heavy atom. The number of hydrogen-bond acceptors (Lipinski definition) is 5. The van der Waals surface area contributed by atoms with Crippen molar-refractivity contribution >= 4 is 11.6 Å². The van der Waals surface area contributed by atoms with Gasteiger partial charge in [0.1, 0.15) is 23.5 Å². The van der Waals surface area contributed by atoms with Gasteiger partial charge in [0.05, 0.1) is 18.9 Å². The molecule has 2 heterocycles. The fraction of sp³-hybridized carbons (Fsp3) is 0.333. The second-order valence-electron chi connectivity index (χ2n) is 4.75. The van der Waals surface area contributed by atoms with Gasteiger partial charge < -0.3 is 15.4 Å². The fourth-order valence-corrected chi connectivity index (χ4v) is 2.30. The predicted molar refractivity (Wildman–Crippen MR) is 79.2 cm³/mol. The molecule has 104 valence electrons. The summed E-state index contributed by atoms with van der Waals surface area (Å²) >= 11 is 0. The zero-order valence-corrected chi connectivity index (χ0v) is 11.5. The molecule has 2 N–H and O–H groups in total. The third-order valence-corrected chi connectivity index (χ3v) is 3.22. The van der Waals surface area contributed by atoms with Crippen LogP contribution in [0.5, 0.6) is 5.75 Å². The molecular formula is C15H18N4O. The van der Waals surface area contributed by atoms with Crippen LogP contribution in [-0.4, -0.2) is 29.2 Å². The van der Waals surface area contributed by atoms with Crippen molar-refractivity contribution in [2.75, 3.05) is 23.7 Å². The Labute approximate surface area is 118 Å². The van der Waals surface area contributed by atoms with Crippen molar-refractivity contribution in [1.29, 1.82) is 0 Å². The van der Waals surface area contributed by atoms with Crippen LogP contribution < -0.4 is 15.4 Å². The van der Waals surface area contributed by atoms with Gasteiger partial charge in [0.25, 0.3) is 0 Å². The first kappa shape index (κ1) is 12.7. The zero-order chi connectivity index (χ0) is 13.8. The molecule has 2 aromatic rings. The molecule has 0 radical (unpaired) electrons. The minimum absolute atomic E-state index is 0.150. The lowest BCUT2D eigenvalue weighted by molar-refractivity contribution is 0.246. The highest BCUT2D eigenvalue weighted by Gasteiger charge is 2.21. The molecule has 1 aromatic heterocycles. The maximum atomic E-state index is 5.88. The molecule has 0 spiro atoms. The van der Waals surface area contributed by atoms with Crippen molar-refractivity contribution in [2.24, 2.45) is 0 Å². The normalized spacial score (nSPS) is 16.4. The molecule has 3 rings (SSSR count). The third-order valence-electron chi connectivity index (χ3n) is 3.22. The van der Waals surface area contributed by atoms with Gasteiger partial charge in [-0.2, -0.15) is 0 Å². The highest BCUT2D eigenvalue weighted by atomic mass is 16.5. The van der Waals surface area contributed by atoms with Crippen LogP contribution in [0, 0.1) is 0 Å². The van der Waals surface area contributed by atoms with Crippen molar-refractivity contribution in [3.8, 4) is 5.75 Å². The lowest BCUT2D eigenvalue weighted by Gasteiger charge is -2.12. The quantitative estimate of drug-likeness (QED) is 0.873. The highest BCUT2D eigenvalue weighted by molar-refractivity contribution is 5.42. The van der Waals surface area contributed by atoms with Gasteiger partial charge in [0.15, 0.2) is 0 Å². The summed E-state index contributed by atoms with van der Waals surface area (Å²) in [6, 6.07) is 8.17. The lowest BCUT2D eigenvalue weighted by Crippen LogP contribution is -2.24. The summed E-state index contributed by atoms with van der Waals surface area (Å²) in [6.07, 6.45) is 4.53. The summed E-state index contributed by atoms with van der Waals surface area (Å²) in [6.45, 7) is 3.59. The monoisotopic (exact) mass is 270 g/mol. The second kappa shape index (κ2) is 5.77. The van der Waals surface area contributed by atoms with Crippen molar-refractivity contribution in [1.82, 2.24) is 9.97 Å². The van der Waals surface area contributed by atoms with Crippen LogP contribution in [0.1, 0.15) is 12.5 Å². The SMILES string of the molecule is CCNc1cncc(NCC2Cc3ccccc3O2)n1. The van der Waals surface area contributed by atoms with E-state index in [2.05, 4.69) is 26.7 Å². The Bertz CT molecular complexity index is 563. The summed E-state index contributed by atoms with van der Waals surface area (Å²) < 4.78 is 5.88. The van der Waals surface area contributed by atoms with E-state index in [-0.39, 0.29) is 6.10 Å². The summed E-state index contributed by atoms with van der Waals surface area (Å²) in [5, 5.41) is 6.43. The van der Waals surface area contributed by atoms with E-state index < -0.39 is 0 Å². The van der Waals surface area contributed by atoms with Crippen LogP contribution in [0.15, 0.2) is 36.7 Å². The van der Waals surface area contributed by atoms with Gasteiger partial charge >= 0.3 is 0 Å². The average Bonchev–Trinajstić information content (AvgIpc) is 2.89. The van der Waals surface area contributed by atoms with E-state index in [1.165, 1.54) is 5.56 Å². The van der Waals surface area contributed by atoms with Crippen LogP contribution >= 0.6 is 0 Å². The molecule has 0 bridgehead atoms. The topological polar surface area (TPSA) is 59.1 Å². The van der Waals surface area contributed by atoms with Crippen LogP contribution in [0.3, 0.4) is 0 Å². The Morgan fingerprint density at radius 3 is 2.80 bits per heavy atom. The standard InChI is InChI=1S/C15H18N4O/c1-2-17-14-9-16-10-15(19-14)18-8-12-7-11-5-3-4-6-13(11)20-12/h3-6,9-10,12H,2,7-8H2,1H3,(H2,17,18,19). The molecule has 1 unspecified atom stereocenters. The number of ether oxygens (including phenoxy) is 1. The number of anilines is 2. The molecule has 1 atom stereocenters. The van der Waals surface area contributed by atoms with Crippen molar-refractivity contribution in [3.05, 3.63) is 42.2 Å². The smallest absolute Gasteiger partial charge is 0.147 e. The minimum atomic E-state index is 0.150. The molecule has 1 aliphatic rings. The molecule has 0 aliphatic carbocycles. The summed E-state index contributed by atoms with van der Waals surface area (Å²) in [7, 11) is 0. The average molecular weight is 270 g/mol. The molecule has 1 aliphatic heterocycles. The van der Waals surface area contributed by atoms with Gasteiger partial charge in [-0.1, -0.05) is 18.2 Å². The highest BCUT2D eigenvalue weighted by Crippen LogP contribution is 2.28.